The number of aromatic amines is 1. The fraction of sp³-hybridized carbons (Fsp3) is 0.182. The summed E-state index contributed by atoms with van der Waals surface area (Å²) in [6, 6.07) is 3.98. The Balaban J connectivity index is 0.00000144. The van der Waals surface area contributed by atoms with E-state index in [9.17, 15) is 9.90 Å². The summed E-state index contributed by atoms with van der Waals surface area (Å²) in [4.78, 5) is 13.6. The van der Waals surface area contributed by atoms with Crippen molar-refractivity contribution in [1.29, 1.82) is 0 Å². The van der Waals surface area contributed by atoms with Crippen molar-refractivity contribution in [3.63, 3.8) is 0 Å². The van der Waals surface area contributed by atoms with Crippen molar-refractivity contribution in [3.8, 4) is 5.75 Å². The third kappa shape index (κ3) is 2.69. The molecule has 5 N–H and O–H groups in total. The second-order valence-electron chi connectivity index (χ2n) is 3.69. The number of halogens is 1. The van der Waals surface area contributed by atoms with Crippen molar-refractivity contribution < 1.29 is 15.0 Å². The fourth-order valence-corrected chi connectivity index (χ4v) is 1.67. The predicted octanol–water partition coefficient (Wildman–Crippen LogP) is 1.25. The number of aliphatic carboxylic acids is 1. The van der Waals surface area contributed by atoms with Gasteiger partial charge in [-0.05, 0) is 17.7 Å². The maximum Gasteiger partial charge on any atom is 0.320 e. The van der Waals surface area contributed by atoms with Gasteiger partial charge in [-0.1, -0.05) is 0 Å². The minimum atomic E-state index is -1.02. The van der Waals surface area contributed by atoms with Gasteiger partial charge in [-0.25, -0.2) is 0 Å². The van der Waals surface area contributed by atoms with Crippen molar-refractivity contribution in [2.45, 2.75) is 12.5 Å². The van der Waals surface area contributed by atoms with Gasteiger partial charge in [0.05, 0.1) is 0 Å². The zero-order chi connectivity index (χ0) is 11.7. The summed E-state index contributed by atoms with van der Waals surface area (Å²) < 4.78 is 0. The van der Waals surface area contributed by atoms with E-state index < -0.39 is 12.0 Å². The highest BCUT2D eigenvalue weighted by atomic mass is 35.5. The van der Waals surface area contributed by atoms with Crippen LogP contribution in [0, 0.1) is 0 Å². The Morgan fingerprint density at radius 2 is 2.18 bits per heavy atom. The molecule has 1 unspecified atom stereocenters. The van der Waals surface area contributed by atoms with Crippen LogP contribution in [0.5, 0.6) is 5.75 Å². The first-order valence-corrected chi connectivity index (χ1v) is 4.85. The van der Waals surface area contributed by atoms with Crippen molar-refractivity contribution in [3.05, 3.63) is 30.0 Å². The molecule has 0 aliphatic carbocycles. The van der Waals surface area contributed by atoms with Gasteiger partial charge in [0.25, 0.3) is 0 Å². The second-order valence-corrected chi connectivity index (χ2v) is 3.69. The van der Waals surface area contributed by atoms with Crippen molar-refractivity contribution in [1.82, 2.24) is 4.98 Å². The van der Waals surface area contributed by atoms with Crippen molar-refractivity contribution in [2.75, 3.05) is 0 Å². The number of aromatic hydroxyl groups is 1. The highest BCUT2D eigenvalue weighted by molar-refractivity contribution is 5.85. The molecule has 5 nitrogen and oxygen atoms in total. The summed E-state index contributed by atoms with van der Waals surface area (Å²) in [5, 5.41) is 18.9. The van der Waals surface area contributed by atoms with Crippen LogP contribution >= 0.6 is 12.4 Å². The van der Waals surface area contributed by atoms with E-state index in [1.807, 2.05) is 0 Å². The van der Waals surface area contributed by atoms with Gasteiger partial charge in [0.2, 0.25) is 0 Å². The first kappa shape index (κ1) is 13.3. The lowest BCUT2D eigenvalue weighted by Crippen LogP contribution is -2.32. The van der Waals surface area contributed by atoms with Crippen LogP contribution in [0.25, 0.3) is 10.9 Å². The summed E-state index contributed by atoms with van der Waals surface area (Å²) in [5.74, 6) is -0.850. The second kappa shape index (κ2) is 5.07. The van der Waals surface area contributed by atoms with Gasteiger partial charge in [-0.2, -0.15) is 0 Å². The molecule has 0 aliphatic rings. The number of carboxylic acids is 1. The number of nitrogens with two attached hydrogens (primary N) is 1. The number of hydrogen-bond acceptors (Lipinski definition) is 3. The fourth-order valence-electron chi connectivity index (χ4n) is 1.67. The predicted molar refractivity (Wildman–Crippen MR) is 66.5 cm³/mol. The van der Waals surface area contributed by atoms with Gasteiger partial charge in [0.15, 0.2) is 0 Å². The van der Waals surface area contributed by atoms with Crippen molar-refractivity contribution in [2.24, 2.45) is 5.73 Å². The van der Waals surface area contributed by atoms with Crippen LogP contribution in [-0.4, -0.2) is 27.2 Å². The van der Waals surface area contributed by atoms with Gasteiger partial charge in [-0.15, -0.1) is 12.4 Å². The van der Waals surface area contributed by atoms with Gasteiger partial charge >= 0.3 is 5.97 Å². The summed E-state index contributed by atoms with van der Waals surface area (Å²) in [6.07, 6.45) is 1.98. The number of hydrogen-bond donors (Lipinski definition) is 4. The summed E-state index contributed by atoms with van der Waals surface area (Å²) in [6.45, 7) is 0. The minimum Gasteiger partial charge on any atom is -0.508 e. The number of H-pyrrole nitrogens is 1. The maximum absolute atomic E-state index is 10.6. The number of phenols is 1. The Hall–Kier alpha value is -1.72. The molecule has 0 radical (unpaired) electrons. The SMILES string of the molecule is Cl.NC(Cc1c[nH]c2cc(O)ccc12)C(=O)O. The van der Waals surface area contributed by atoms with Gasteiger partial charge in [0.1, 0.15) is 11.8 Å². The van der Waals surface area contributed by atoms with Gasteiger partial charge in [0, 0.05) is 29.6 Å². The highest BCUT2D eigenvalue weighted by Gasteiger charge is 2.14. The van der Waals surface area contributed by atoms with Gasteiger partial charge < -0.3 is 20.9 Å². The zero-order valence-corrected chi connectivity index (χ0v) is 9.70. The highest BCUT2D eigenvalue weighted by Crippen LogP contribution is 2.23. The average molecular weight is 257 g/mol. The van der Waals surface area contributed by atoms with E-state index in [0.717, 1.165) is 16.5 Å². The normalized spacial score (nSPS) is 12.1. The van der Waals surface area contributed by atoms with Crippen LogP contribution in [0.15, 0.2) is 24.4 Å². The van der Waals surface area contributed by atoms with Gasteiger partial charge in [-0.3, -0.25) is 4.79 Å². The average Bonchev–Trinajstić information content (AvgIpc) is 2.60. The molecule has 1 atom stereocenters. The lowest BCUT2D eigenvalue weighted by molar-refractivity contribution is -0.138. The molecule has 0 aliphatic heterocycles. The lowest BCUT2D eigenvalue weighted by atomic mass is 10.1. The number of nitrogens with one attached hydrogen (secondary N) is 1. The van der Waals surface area contributed by atoms with E-state index >= 15 is 0 Å². The number of carbonyl (C=O) groups is 1. The monoisotopic (exact) mass is 256 g/mol. The number of carboxylic acid groups (broad SMARTS) is 1. The molecule has 1 aromatic carbocycles. The minimum absolute atomic E-state index is 0. The molecule has 2 rings (SSSR count). The first-order valence-electron chi connectivity index (χ1n) is 4.85. The van der Waals surface area contributed by atoms with Crippen LogP contribution in [0.1, 0.15) is 5.56 Å². The number of aromatic nitrogens is 1. The molecule has 0 fully saturated rings. The smallest absolute Gasteiger partial charge is 0.320 e. The zero-order valence-electron chi connectivity index (χ0n) is 8.88. The molecule has 17 heavy (non-hydrogen) atoms. The van der Waals surface area contributed by atoms with E-state index in [1.54, 1.807) is 24.4 Å². The largest absolute Gasteiger partial charge is 0.508 e. The summed E-state index contributed by atoms with van der Waals surface area (Å²) in [7, 11) is 0. The molecule has 0 amide bonds. The van der Waals surface area contributed by atoms with Crippen LogP contribution in [0.2, 0.25) is 0 Å². The van der Waals surface area contributed by atoms with Crippen molar-refractivity contribution >= 4 is 29.3 Å². The number of phenolic OH excluding ortho intramolecular Hbond substituents is 1. The lowest BCUT2D eigenvalue weighted by Gasteiger charge is -2.04. The Morgan fingerprint density at radius 3 is 2.82 bits per heavy atom. The van der Waals surface area contributed by atoms with E-state index in [2.05, 4.69) is 4.98 Å². The molecule has 1 aromatic heterocycles. The van der Waals surface area contributed by atoms with Crippen LogP contribution in [0.4, 0.5) is 0 Å². The Morgan fingerprint density at radius 1 is 1.47 bits per heavy atom. The Labute approximate surface area is 104 Å². The summed E-state index contributed by atoms with van der Waals surface area (Å²) in [5.41, 5.74) is 7.07. The van der Waals surface area contributed by atoms with E-state index in [-0.39, 0.29) is 24.6 Å². The first-order chi connectivity index (χ1) is 7.58. The van der Waals surface area contributed by atoms with E-state index in [1.165, 1.54) is 0 Å². The molecular weight excluding hydrogens is 244 g/mol. The Bertz CT molecular complexity index is 538. The van der Waals surface area contributed by atoms with E-state index in [0.29, 0.717) is 0 Å². The molecule has 0 saturated carbocycles. The quantitative estimate of drug-likeness (QED) is 0.664. The number of fused-ring (bicyclic) bond motifs is 1. The summed E-state index contributed by atoms with van der Waals surface area (Å²) >= 11 is 0. The van der Waals surface area contributed by atoms with Crippen LogP contribution in [0.3, 0.4) is 0 Å². The number of rotatable bonds is 3. The molecule has 0 saturated heterocycles. The molecule has 1 heterocycles. The Kier molecular flexibility index (Phi) is 3.98. The molecule has 0 spiro atoms. The van der Waals surface area contributed by atoms with E-state index in [4.69, 9.17) is 10.8 Å². The van der Waals surface area contributed by atoms with Crippen LogP contribution in [-0.2, 0) is 11.2 Å². The third-order valence-electron chi connectivity index (χ3n) is 2.51. The standard InChI is InChI=1S/C11H12N2O3.ClH/c12-9(11(15)16)3-6-5-13-10-4-7(14)1-2-8(6)10;/h1-2,4-5,9,13-14H,3,12H2,(H,15,16);1H. The molecular formula is C11H13ClN2O3. The molecule has 92 valence electrons. The maximum atomic E-state index is 10.6. The topological polar surface area (TPSA) is 99.3 Å². The number of benzene rings is 1. The molecule has 2 aromatic rings. The molecule has 6 heteroatoms. The third-order valence-corrected chi connectivity index (χ3v) is 2.51. The molecule has 0 bridgehead atoms. The van der Waals surface area contributed by atoms with Crippen LogP contribution < -0.4 is 5.73 Å².